The SMILES string of the molecule is COc1ccc(COc2cc(-c3ccn(CCC(=O)O)n3)ccc2OC)cc1. The second-order valence-electron chi connectivity index (χ2n) is 6.11. The first-order valence-corrected chi connectivity index (χ1v) is 8.78. The Balaban J connectivity index is 1.74. The number of methoxy groups -OCH3 is 2. The molecular formula is C21H22N2O5. The summed E-state index contributed by atoms with van der Waals surface area (Å²) in [6.07, 6.45) is 1.79. The van der Waals surface area contributed by atoms with Gasteiger partial charge in [0.15, 0.2) is 11.5 Å². The van der Waals surface area contributed by atoms with Crippen LogP contribution in [-0.2, 0) is 17.9 Å². The summed E-state index contributed by atoms with van der Waals surface area (Å²) in [5, 5.41) is 13.2. The number of aromatic nitrogens is 2. The Labute approximate surface area is 163 Å². The fraction of sp³-hybridized carbons (Fsp3) is 0.238. The lowest BCUT2D eigenvalue weighted by molar-refractivity contribution is -0.137. The Morgan fingerprint density at radius 2 is 1.82 bits per heavy atom. The zero-order valence-electron chi connectivity index (χ0n) is 15.8. The number of aryl methyl sites for hydroxylation is 1. The fourth-order valence-corrected chi connectivity index (χ4v) is 2.68. The van der Waals surface area contributed by atoms with Crippen LogP contribution in [0.15, 0.2) is 54.7 Å². The highest BCUT2D eigenvalue weighted by Crippen LogP contribution is 2.32. The molecule has 1 N–H and O–H groups in total. The number of aliphatic carboxylic acids is 1. The van der Waals surface area contributed by atoms with Gasteiger partial charge in [0.25, 0.3) is 0 Å². The highest BCUT2D eigenvalue weighted by Gasteiger charge is 2.10. The molecule has 7 heteroatoms. The van der Waals surface area contributed by atoms with E-state index in [0.717, 1.165) is 22.6 Å². The molecule has 28 heavy (non-hydrogen) atoms. The van der Waals surface area contributed by atoms with Crippen LogP contribution in [0.1, 0.15) is 12.0 Å². The van der Waals surface area contributed by atoms with Gasteiger partial charge in [-0.05, 0) is 42.0 Å². The first kappa shape index (κ1) is 19.3. The monoisotopic (exact) mass is 382 g/mol. The molecular weight excluding hydrogens is 360 g/mol. The lowest BCUT2D eigenvalue weighted by Gasteiger charge is -2.12. The molecule has 146 valence electrons. The molecule has 7 nitrogen and oxygen atoms in total. The van der Waals surface area contributed by atoms with Crippen molar-refractivity contribution in [2.75, 3.05) is 14.2 Å². The Morgan fingerprint density at radius 1 is 1.04 bits per heavy atom. The van der Waals surface area contributed by atoms with E-state index < -0.39 is 5.97 Å². The van der Waals surface area contributed by atoms with Crippen molar-refractivity contribution >= 4 is 5.97 Å². The van der Waals surface area contributed by atoms with E-state index in [0.29, 0.717) is 24.7 Å². The number of carboxylic acid groups (broad SMARTS) is 1. The molecule has 2 aromatic carbocycles. The zero-order chi connectivity index (χ0) is 19.9. The van der Waals surface area contributed by atoms with Crippen molar-refractivity contribution in [2.45, 2.75) is 19.6 Å². The van der Waals surface area contributed by atoms with E-state index in [9.17, 15) is 4.79 Å². The van der Waals surface area contributed by atoms with E-state index in [2.05, 4.69) is 5.10 Å². The maximum absolute atomic E-state index is 10.7. The third kappa shape index (κ3) is 4.82. The Morgan fingerprint density at radius 3 is 2.50 bits per heavy atom. The number of carboxylic acids is 1. The Hall–Kier alpha value is -3.48. The molecule has 0 bridgehead atoms. The number of benzene rings is 2. The quantitative estimate of drug-likeness (QED) is 0.609. The van der Waals surface area contributed by atoms with Gasteiger partial charge in [0, 0.05) is 11.8 Å². The van der Waals surface area contributed by atoms with Crippen LogP contribution in [0.2, 0.25) is 0 Å². The van der Waals surface area contributed by atoms with Crippen LogP contribution in [0.5, 0.6) is 17.2 Å². The smallest absolute Gasteiger partial charge is 0.305 e. The number of hydrogen-bond donors (Lipinski definition) is 1. The van der Waals surface area contributed by atoms with Crippen LogP contribution in [-0.4, -0.2) is 35.1 Å². The van der Waals surface area contributed by atoms with Crippen LogP contribution in [0.25, 0.3) is 11.3 Å². The number of carbonyl (C=O) groups is 1. The maximum atomic E-state index is 10.7. The molecule has 1 heterocycles. The van der Waals surface area contributed by atoms with E-state index in [1.165, 1.54) is 0 Å². The van der Waals surface area contributed by atoms with E-state index in [4.69, 9.17) is 19.3 Å². The molecule has 0 unspecified atom stereocenters. The average Bonchev–Trinajstić information content (AvgIpc) is 3.20. The first-order chi connectivity index (χ1) is 13.6. The second kappa shape index (κ2) is 8.94. The van der Waals surface area contributed by atoms with Crippen molar-refractivity contribution in [3.63, 3.8) is 0 Å². The van der Waals surface area contributed by atoms with E-state index in [1.807, 2.05) is 48.5 Å². The predicted octanol–water partition coefficient (Wildman–Crippen LogP) is 3.62. The predicted molar refractivity (Wildman–Crippen MR) is 104 cm³/mol. The average molecular weight is 382 g/mol. The van der Waals surface area contributed by atoms with Crippen molar-refractivity contribution in [2.24, 2.45) is 0 Å². The minimum absolute atomic E-state index is 0.0277. The van der Waals surface area contributed by atoms with E-state index >= 15 is 0 Å². The van der Waals surface area contributed by atoms with Crippen LogP contribution < -0.4 is 14.2 Å². The molecule has 0 saturated carbocycles. The molecule has 0 radical (unpaired) electrons. The molecule has 3 aromatic rings. The van der Waals surface area contributed by atoms with Gasteiger partial charge in [0.05, 0.1) is 32.9 Å². The third-order valence-electron chi connectivity index (χ3n) is 4.21. The first-order valence-electron chi connectivity index (χ1n) is 8.78. The minimum Gasteiger partial charge on any atom is -0.497 e. The van der Waals surface area contributed by atoms with Crippen molar-refractivity contribution in [1.29, 1.82) is 0 Å². The molecule has 0 saturated heterocycles. The van der Waals surface area contributed by atoms with Gasteiger partial charge in [-0.25, -0.2) is 0 Å². The topological polar surface area (TPSA) is 82.8 Å². The summed E-state index contributed by atoms with van der Waals surface area (Å²) in [6.45, 7) is 0.711. The summed E-state index contributed by atoms with van der Waals surface area (Å²) in [5.41, 5.74) is 2.60. The lowest BCUT2D eigenvalue weighted by atomic mass is 10.1. The third-order valence-corrected chi connectivity index (χ3v) is 4.21. The Bertz CT molecular complexity index is 934. The van der Waals surface area contributed by atoms with Crippen LogP contribution in [0.4, 0.5) is 0 Å². The second-order valence-corrected chi connectivity index (χ2v) is 6.11. The molecule has 0 aliphatic carbocycles. The van der Waals surface area contributed by atoms with Crippen LogP contribution in [0, 0.1) is 0 Å². The van der Waals surface area contributed by atoms with Gasteiger partial charge in [0.1, 0.15) is 12.4 Å². The van der Waals surface area contributed by atoms with Gasteiger partial charge in [-0.1, -0.05) is 12.1 Å². The highest BCUT2D eigenvalue weighted by molar-refractivity contribution is 5.66. The number of rotatable bonds is 9. The molecule has 0 fully saturated rings. The van der Waals surface area contributed by atoms with Crippen LogP contribution >= 0.6 is 0 Å². The summed E-state index contributed by atoms with van der Waals surface area (Å²) in [7, 11) is 3.22. The van der Waals surface area contributed by atoms with Gasteiger partial charge in [-0.3, -0.25) is 9.48 Å². The molecule has 0 aliphatic heterocycles. The number of ether oxygens (including phenoxy) is 3. The molecule has 1 aromatic heterocycles. The van der Waals surface area contributed by atoms with Gasteiger partial charge >= 0.3 is 5.97 Å². The van der Waals surface area contributed by atoms with E-state index in [-0.39, 0.29) is 6.42 Å². The largest absolute Gasteiger partial charge is 0.497 e. The van der Waals surface area contributed by atoms with Gasteiger partial charge in [0.2, 0.25) is 0 Å². The fourth-order valence-electron chi connectivity index (χ4n) is 2.68. The highest BCUT2D eigenvalue weighted by atomic mass is 16.5. The normalized spacial score (nSPS) is 10.5. The van der Waals surface area contributed by atoms with E-state index in [1.54, 1.807) is 25.1 Å². The molecule has 3 rings (SSSR count). The van der Waals surface area contributed by atoms with Crippen molar-refractivity contribution in [1.82, 2.24) is 9.78 Å². The minimum atomic E-state index is -0.851. The Kier molecular flexibility index (Phi) is 6.16. The zero-order valence-corrected chi connectivity index (χ0v) is 15.8. The molecule has 0 amide bonds. The van der Waals surface area contributed by atoms with Crippen molar-refractivity contribution < 1.29 is 24.1 Å². The van der Waals surface area contributed by atoms with Crippen molar-refractivity contribution in [3.8, 4) is 28.5 Å². The molecule has 0 atom stereocenters. The summed E-state index contributed by atoms with van der Waals surface area (Å²) in [4.78, 5) is 10.7. The van der Waals surface area contributed by atoms with Gasteiger partial charge in [-0.2, -0.15) is 5.10 Å². The lowest BCUT2D eigenvalue weighted by Crippen LogP contribution is -2.04. The van der Waals surface area contributed by atoms with Crippen molar-refractivity contribution in [3.05, 3.63) is 60.3 Å². The molecule has 0 spiro atoms. The standard InChI is InChI=1S/C21H22N2O5/c1-26-17-6-3-15(4-7-17)14-28-20-13-16(5-8-19(20)27-2)18-9-11-23(22-18)12-10-21(24)25/h3-9,11,13H,10,12,14H2,1-2H3,(H,24,25). The summed E-state index contributed by atoms with van der Waals surface area (Å²) >= 11 is 0. The number of nitrogens with zero attached hydrogens (tertiary/aromatic N) is 2. The number of hydrogen-bond acceptors (Lipinski definition) is 5. The maximum Gasteiger partial charge on any atom is 0.305 e. The summed E-state index contributed by atoms with van der Waals surface area (Å²) in [5.74, 6) is 1.18. The van der Waals surface area contributed by atoms with Gasteiger partial charge in [-0.15, -0.1) is 0 Å². The summed E-state index contributed by atoms with van der Waals surface area (Å²) < 4.78 is 18.1. The molecule has 0 aliphatic rings. The van der Waals surface area contributed by atoms with Gasteiger partial charge < -0.3 is 19.3 Å². The summed E-state index contributed by atoms with van der Waals surface area (Å²) in [6, 6.07) is 15.1. The van der Waals surface area contributed by atoms with Crippen LogP contribution in [0.3, 0.4) is 0 Å².